The van der Waals surface area contributed by atoms with Crippen molar-refractivity contribution in [2.45, 2.75) is 75.3 Å². The highest BCUT2D eigenvalue weighted by Gasteiger charge is 2.89. The second-order valence-corrected chi connectivity index (χ2v) is 14.6. The number of carbonyl (C=O) groups excluding carboxylic acids is 2. The third-order valence-corrected chi connectivity index (χ3v) is 13.2. The monoisotopic (exact) mass is 639 g/mol. The molecular weight excluding hydrogens is 590 g/mol. The minimum absolute atomic E-state index is 0.0534. The lowest BCUT2D eigenvalue weighted by atomic mass is 9.42. The number of hydrogen-bond donors (Lipinski definition) is 1. The van der Waals surface area contributed by atoms with Gasteiger partial charge in [0.05, 0.1) is 31.0 Å². The first-order valence-electron chi connectivity index (χ1n) is 16.8. The van der Waals surface area contributed by atoms with E-state index in [1.54, 1.807) is 34.5 Å². The van der Waals surface area contributed by atoms with Gasteiger partial charge in [-0.2, -0.15) is 0 Å². The van der Waals surface area contributed by atoms with E-state index in [-0.39, 0.29) is 59.9 Å². The van der Waals surface area contributed by atoms with Crippen molar-refractivity contribution in [3.05, 3.63) is 42.0 Å². The molecule has 7 rings (SSSR count). The third kappa shape index (κ3) is 4.10. The fourth-order valence-corrected chi connectivity index (χ4v) is 12.3. The summed E-state index contributed by atoms with van der Waals surface area (Å²) < 4.78 is 38.4. The molecule has 0 amide bonds. The van der Waals surface area contributed by atoms with Gasteiger partial charge in [0.25, 0.3) is 0 Å². The topological polar surface area (TPSA) is 113 Å². The molecule has 1 spiro atoms. The van der Waals surface area contributed by atoms with Crippen molar-refractivity contribution in [2.24, 2.45) is 40.4 Å². The van der Waals surface area contributed by atoms with E-state index < -0.39 is 34.6 Å². The summed E-state index contributed by atoms with van der Waals surface area (Å²) in [6.45, 7) is 5.35. The number of benzene rings is 1. The van der Waals surface area contributed by atoms with E-state index in [1.807, 2.05) is 30.3 Å². The lowest BCUT2D eigenvalue weighted by Crippen LogP contribution is -2.79. The summed E-state index contributed by atoms with van der Waals surface area (Å²) in [5.41, 5.74) is -1.27. The van der Waals surface area contributed by atoms with Gasteiger partial charge in [-0.3, -0.25) is 9.69 Å². The number of methoxy groups -OCH3 is 4. The molecule has 0 aromatic heterocycles. The van der Waals surface area contributed by atoms with Gasteiger partial charge in [0.2, 0.25) is 0 Å². The highest BCUT2D eigenvalue weighted by molar-refractivity contribution is 5.87. The summed E-state index contributed by atoms with van der Waals surface area (Å²) in [6, 6.07) is 9.61. The maximum atomic E-state index is 14.1. The van der Waals surface area contributed by atoms with Crippen molar-refractivity contribution in [3.63, 3.8) is 0 Å². The number of aliphatic hydroxyl groups is 1. The Kier molecular flexibility index (Phi) is 8.17. The zero-order chi connectivity index (χ0) is 32.6. The first kappa shape index (κ1) is 32.2. The number of esters is 2. The molecule has 1 aromatic rings. The maximum Gasteiger partial charge on any atom is 0.331 e. The molecule has 5 saturated carbocycles. The molecule has 1 aromatic carbocycles. The van der Waals surface area contributed by atoms with Gasteiger partial charge in [-0.15, -0.1) is 0 Å². The van der Waals surface area contributed by atoms with Crippen molar-refractivity contribution in [1.82, 2.24) is 4.90 Å². The number of fused-ring (bicyclic) bond motifs is 2. The Hall–Kier alpha value is -2.34. The van der Waals surface area contributed by atoms with Crippen LogP contribution in [0.4, 0.5) is 0 Å². The van der Waals surface area contributed by atoms with E-state index in [0.29, 0.717) is 26.0 Å². The van der Waals surface area contributed by atoms with Crippen LogP contribution in [0.5, 0.6) is 0 Å². The number of likely N-dealkylation sites (tertiary alicyclic amines) is 1. The van der Waals surface area contributed by atoms with Crippen LogP contribution in [0.1, 0.15) is 38.7 Å². The molecule has 10 heteroatoms. The molecule has 0 radical (unpaired) electrons. The highest BCUT2D eigenvalue weighted by atomic mass is 16.6. The Morgan fingerprint density at radius 3 is 2.41 bits per heavy atom. The first-order chi connectivity index (χ1) is 22.2. The number of aliphatic hydroxyl groups excluding tert-OH is 1. The van der Waals surface area contributed by atoms with E-state index in [1.165, 1.54) is 13.0 Å². The van der Waals surface area contributed by atoms with Gasteiger partial charge in [0.1, 0.15) is 11.7 Å². The molecule has 3 unspecified atom stereocenters. The average molecular weight is 640 g/mol. The van der Waals surface area contributed by atoms with Crippen molar-refractivity contribution < 1.29 is 43.1 Å². The third-order valence-electron chi connectivity index (χ3n) is 13.2. The van der Waals surface area contributed by atoms with E-state index in [4.69, 9.17) is 28.4 Å². The van der Waals surface area contributed by atoms with Crippen LogP contribution >= 0.6 is 0 Å². The van der Waals surface area contributed by atoms with E-state index >= 15 is 0 Å². The number of nitrogens with zero attached hydrogens (tertiary/aromatic N) is 1. The van der Waals surface area contributed by atoms with E-state index in [2.05, 4.69) is 11.8 Å². The lowest BCUT2D eigenvalue weighted by Gasteiger charge is -2.70. The summed E-state index contributed by atoms with van der Waals surface area (Å²) in [5.74, 6) is -1.66. The first-order valence-corrected chi connectivity index (χ1v) is 16.8. The van der Waals surface area contributed by atoms with Crippen LogP contribution in [0.2, 0.25) is 0 Å². The van der Waals surface area contributed by atoms with Gasteiger partial charge in [-0.1, -0.05) is 37.3 Å². The Morgan fingerprint density at radius 2 is 1.78 bits per heavy atom. The van der Waals surface area contributed by atoms with Gasteiger partial charge < -0.3 is 33.5 Å². The Balaban J connectivity index is 1.46. The normalized spacial score (nSPS) is 46.8. The predicted molar refractivity (Wildman–Crippen MR) is 167 cm³/mol. The van der Waals surface area contributed by atoms with Crippen molar-refractivity contribution in [1.29, 1.82) is 0 Å². The molecule has 5 aliphatic carbocycles. The fraction of sp³-hybridized carbons (Fsp3) is 0.722. The molecule has 46 heavy (non-hydrogen) atoms. The number of carbonyl (C=O) groups is 2. The van der Waals surface area contributed by atoms with Crippen LogP contribution in [0.15, 0.2) is 36.4 Å². The van der Waals surface area contributed by atoms with Crippen LogP contribution < -0.4 is 0 Å². The molecule has 1 saturated heterocycles. The second-order valence-electron chi connectivity index (χ2n) is 14.6. The minimum Gasteiger partial charge on any atom is -0.462 e. The molecule has 252 valence electrons. The molecule has 1 heterocycles. The second kappa shape index (κ2) is 11.7. The summed E-state index contributed by atoms with van der Waals surface area (Å²) in [5, 5.41) is 12.1. The Morgan fingerprint density at radius 1 is 1.02 bits per heavy atom. The van der Waals surface area contributed by atoms with Crippen LogP contribution in [0.25, 0.3) is 6.08 Å². The summed E-state index contributed by atoms with van der Waals surface area (Å²) in [4.78, 5) is 29.3. The maximum absolute atomic E-state index is 14.1. The Labute approximate surface area is 271 Å². The van der Waals surface area contributed by atoms with Gasteiger partial charge in [0.15, 0.2) is 0 Å². The van der Waals surface area contributed by atoms with E-state index in [9.17, 15) is 14.7 Å². The number of rotatable bonds is 10. The Bertz CT molecular complexity index is 1360. The van der Waals surface area contributed by atoms with Gasteiger partial charge in [-0.25, -0.2) is 4.79 Å². The molecule has 14 atom stereocenters. The van der Waals surface area contributed by atoms with Crippen molar-refractivity contribution in [3.8, 4) is 0 Å². The quantitative estimate of drug-likeness (QED) is 0.303. The van der Waals surface area contributed by atoms with Crippen LogP contribution in [0, 0.1) is 40.4 Å². The van der Waals surface area contributed by atoms with Crippen LogP contribution in [-0.4, -0.2) is 112 Å². The molecule has 6 fully saturated rings. The van der Waals surface area contributed by atoms with Crippen LogP contribution in [-0.2, 0) is 38.0 Å². The number of piperidine rings is 1. The highest BCUT2D eigenvalue weighted by Crippen LogP contribution is 2.80. The number of ether oxygens (including phenoxy) is 6. The van der Waals surface area contributed by atoms with Crippen molar-refractivity contribution in [2.75, 3.05) is 48.1 Å². The standard InChI is InChI=1S/C36H49NO9/c1-7-37-18-34(19-41-3)25(39)16-26(43-5)36-23-15-22-24(42-4)17-35(28(23)30(22)45-20(2)38,29(33(36)37)31(44-6)32(34)36)46-27(40)14-13-21-11-9-8-10-12-21/h8-14,22-26,28-33,39H,7,15-19H2,1-6H3/b14-13+/t22-,23?,24+,25-,26+,28?,29+,30?,31+,32-,33-,34+,35-,36+/m1/s1. The minimum atomic E-state index is -1.07. The predicted octanol–water partition coefficient (Wildman–Crippen LogP) is 2.96. The molecule has 6 aliphatic rings. The van der Waals surface area contributed by atoms with E-state index in [0.717, 1.165) is 18.5 Å². The zero-order valence-electron chi connectivity index (χ0n) is 27.8. The van der Waals surface area contributed by atoms with Crippen LogP contribution in [0.3, 0.4) is 0 Å². The van der Waals surface area contributed by atoms with Gasteiger partial charge in [-0.05, 0) is 30.5 Å². The van der Waals surface area contributed by atoms with Gasteiger partial charge >= 0.3 is 11.9 Å². The zero-order valence-corrected chi connectivity index (χ0v) is 27.8. The molecule has 7 bridgehead atoms. The molecule has 1 aliphatic heterocycles. The summed E-state index contributed by atoms with van der Waals surface area (Å²) in [6.07, 6.45) is 2.81. The lowest BCUT2D eigenvalue weighted by molar-refractivity contribution is -0.297. The fourth-order valence-electron chi connectivity index (χ4n) is 12.3. The average Bonchev–Trinajstić information content (AvgIpc) is 3.46. The molecule has 10 nitrogen and oxygen atoms in total. The van der Waals surface area contributed by atoms with Gasteiger partial charge in [0, 0.05) is 101 Å². The largest absolute Gasteiger partial charge is 0.462 e. The molecular formula is C36H49NO9. The summed E-state index contributed by atoms with van der Waals surface area (Å²) >= 11 is 0. The smallest absolute Gasteiger partial charge is 0.331 e. The van der Waals surface area contributed by atoms with Crippen molar-refractivity contribution >= 4 is 18.0 Å². The number of hydrogen-bond acceptors (Lipinski definition) is 10. The summed E-state index contributed by atoms with van der Waals surface area (Å²) in [7, 11) is 6.88. The molecule has 1 N–H and O–H groups in total. The SMILES string of the molecule is CCN1C[C@]2(COC)[C@H](O)C[C@H](OC)[C@@]34C5C[C@H]6C(OC(C)=O)C5[C@](OC(=O)/C=C/c5ccccc5)(C[C@@H]6OC)[C@@H]([C@H](OC)[C@H]23)[C@@H]14.